The summed E-state index contributed by atoms with van der Waals surface area (Å²) in [5.41, 5.74) is 7.03. The molecule has 88 valence electrons. The van der Waals surface area contributed by atoms with Gasteiger partial charge in [-0.05, 0) is 59.8 Å². The van der Waals surface area contributed by atoms with E-state index in [1.165, 1.54) is 12.8 Å². The van der Waals surface area contributed by atoms with Gasteiger partial charge in [0.25, 0.3) is 0 Å². The Bertz CT molecular complexity index is 370. The van der Waals surface area contributed by atoms with Crippen LogP contribution < -0.4 is 11.1 Å². The van der Waals surface area contributed by atoms with E-state index in [-0.39, 0.29) is 0 Å². The molecule has 0 heterocycles. The second-order valence-electron chi connectivity index (χ2n) is 4.39. The molecule has 1 fully saturated rings. The van der Waals surface area contributed by atoms with E-state index < -0.39 is 0 Å². The molecule has 0 spiro atoms. The summed E-state index contributed by atoms with van der Waals surface area (Å²) in [5.74, 6) is 0. The first-order chi connectivity index (χ1) is 7.65. The molecule has 1 aromatic rings. The molecular weight excluding hydrogens is 288 g/mol. The van der Waals surface area contributed by atoms with Gasteiger partial charge < -0.3 is 11.1 Å². The fourth-order valence-corrected chi connectivity index (χ4v) is 2.72. The molecular formula is C12H16BrClN2. The number of hydrogen-bond acceptors (Lipinski definition) is 2. The molecule has 1 aliphatic carbocycles. The van der Waals surface area contributed by atoms with Crippen LogP contribution in [0.25, 0.3) is 0 Å². The molecule has 1 aromatic carbocycles. The van der Waals surface area contributed by atoms with E-state index in [1.807, 2.05) is 18.2 Å². The molecule has 2 nitrogen and oxygen atoms in total. The minimum Gasteiger partial charge on any atom is -0.381 e. The summed E-state index contributed by atoms with van der Waals surface area (Å²) in [4.78, 5) is 0. The minimum atomic E-state index is 0.337. The third kappa shape index (κ3) is 3.12. The first-order valence-corrected chi connectivity index (χ1v) is 6.79. The Kier molecular flexibility index (Phi) is 4.11. The molecule has 3 N–H and O–H groups in total. The Balaban J connectivity index is 2.05. The van der Waals surface area contributed by atoms with E-state index >= 15 is 0 Å². The maximum Gasteiger partial charge on any atom is 0.0501 e. The molecule has 0 aromatic heterocycles. The Hall–Kier alpha value is -0.250. The standard InChI is InChI=1S/C12H16BrClN2/c13-11-5-4-8(14)6-12(11)16-10-3-1-2-9(15)7-10/h4-6,9-10,16H,1-3,7,15H2. The highest BCUT2D eigenvalue weighted by Crippen LogP contribution is 2.29. The van der Waals surface area contributed by atoms with Crippen molar-refractivity contribution in [3.8, 4) is 0 Å². The summed E-state index contributed by atoms with van der Waals surface area (Å²) in [6, 6.07) is 6.60. The van der Waals surface area contributed by atoms with Crippen molar-refractivity contribution in [1.29, 1.82) is 0 Å². The fraction of sp³-hybridized carbons (Fsp3) is 0.500. The predicted octanol–water partition coefficient (Wildman–Crippen LogP) is 3.78. The van der Waals surface area contributed by atoms with Gasteiger partial charge in [-0.15, -0.1) is 0 Å². The smallest absolute Gasteiger partial charge is 0.0501 e. The van der Waals surface area contributed by atoms with E-state index in [4.69, 9.17) is 17.3 Å². The largest absolute Gasteiger partial charge is 0.381 e. The first-order valence-electron chi connectivity index (χ1n) is 5.62. The van der Waals surface area contributed by atoms with Crippen LogP contribution in [0.5, 0.6) is 0 Å². The lowest BCUT2D eigenvalue weighted by atomic mass is 9.91. The van der Waals surface area contributed by atoms with Crippen molar-refractivity contribution in [3.05, 3.63) is 27.7 Å². The van der Waals surface area contributed by atoms with Crippen LogP contribution in [0.15, 0.2) is 22.7 Å². The molecule has 0 aliphatic heterocycles. The molecule has 4 heteroatoms. The van der Waals surface area contributed by atoms with E-state index in [1.54, 1.807) is 0 Å². The van der Waals surface area contributed by atoms with Crippen LogP contribution in [0, 0.1) is 0 Å². The highest BCUT2D eigenvalue weighted by molar-refractivity contribution is 9.10. The molecule has 2 unspecified atom stereocenters. The van der Waals surface area contributed by atoms with Crippen molar-refractivity contribution in [1.82, 2.24) is 0 Å². The number of hydrogen-bond donors (Lipinski definition) is 2. The minimum absolute atomic E-state index is 0.337. The Morgan fingerprint density at radius 2 is 2.19 bits per heavy atom. The van der Waals surface area contributed by atoms with Gasteiger partial charge in [-0.3, -0.25) is 0 Å². The highest BCUT2D eigenvalue weighted by atomic mass is 79.9. The van der Waals surface area contributed by atoms with Gasteiger partial charge in [-0.1, -0.05) is 11.6 Å². The normalized spacial score (nSPS) is 25.4. The predicted molar refractivity (Wildman–Crippen MR) is 73.0 cm³/mol. The topological polar surface area (TPSA) is 38.0 Å². The first kappa shape index (κ1) is 12.2. The Morgan fingerprint density at radius 3 is 2.94 bits per heavy atom. The molecule has 0 bridgehead atoms. The van der Waals surface area contributed by atoms with Crippen LogP contribution in [0.1, 0.15) is 25.7 Å². The van der Waals surface area contributed by atoms with E-state index in [0.29, 0.717) is 12.1 Å². The average Bonchev–Trinajstić information content (AvgIpc) is 2.24. The summed E-state index contributed by atoms with van der Waals surface area (Å²) in [7, 11) is 0. The molecule has 1 saturated carbocycles. The summed E-state index contributed by atoms with van der Waals surface area (Å²) < 4.78 is 1.05. The van der Waals surface area contributed by atoms with Crippen LogP contribution in [-0.4, -0.2) is 12.1 Å². The lowest BCUT2D eigenvalue weighted by Gasteiger charge is -2.28. The van der Waals surface area contributed by atoms with Crippen molar-refractivity contribution in [2.45, 2.75) is 37.8 Å². The molecule has 0 amide bonds. The van der Waals surface area contributed by atoms with Crippen LogP contribution >= 0.6 is 27.5 Å². The van der Waals surface area contributed by atoms with E-state index in [2.05, 4.69) is 21.2 Å². The Morgan fingerprint density at radius 1 is 1.38 bits per heavy atom. The van der Waals surface area contributed by atoms with E-state index in [9.17, 15) is 0 Å². The van der Waals surface area contributed by atoms with E-state index in [0.717, 1.165) is 28.0 Å². The van der Waals surface area contributed by atoms with Gasteiger partial charge in [0.05, 0.1) is 5.69 Å². The monoisotopic (exact) mass is 302 g/mol. The number of benzene rings is 1. The molecule has 2 rings (SSSR count). The van der Waals surface area contributed by atoms with Crippen molar-refractivity contribution in [2.24, 2.45) is 5.73 Å². The summed E-state index contributed by atoms with van der Waals surface area (Å²) in [6.07, 6.45) is 4.58. The number of anilines is 1. The van der Waals surface area contributed by atoms with Crippen LogP contribution in [-0.2, 0) is 0 Å². The van der Waals surface area contributed by atoms with Gasteiger partial charge in [-0.2, -0.15) is 0 Å². The second-order valence-corrected chi connectivity index (χ2v) is 5.68. The van der Waals surface area contributed by atoms with Crippen LogP contribution in [0.2, 0.25) is 5.02 Å². The lowest BCUT2D eigenvalue weighted by molar-refractivity contribution is 0.409. The zero-order valence-electron chi connectivity index (χ0n) is 9.05. The van der Waals surface area contributed by atoms with Crippen molar-refractivity contribution in [2.75, 3.05) is 5.32 Å². The van der Waals surface area contributed by atoms with Gasteiger partial charge in [0.15, 0.2) is 0 Å². The van der Waals surface area contributed by atoms with Gasteiger partial charge in [0, 0.05) is 21.6 Å². The summed E-state index contributed by atoms with van der Waals surface area (Å²) >= 11 is 9.50. The molecule has 1 aliphatic rings. The van der Waals surface area contributed by atoms with Gasteiger partial charge in [-0.25, -0.2) is 0 Å². The highest BCUT2D eigenvalue weighted by Gasteiger charge is 2.19. The number of nitrogens with two attached hydrogens (primary N) is 1. The summed E-state index contributed by atoms with van der Waals surface area (Å²) in [6.45, 7) is 0. The maximum atomic E-state index is 5.98. The number of rotatable bonds is 2. The maximum absolute atomic E-state index is 5.98. The fourth-order valence-electron chi connectivity index (χ4n) is 2.19. The molecule has 16 heavy (non-hydrogen) atoms. The average molecular weight is 304 g/mol. The Labute approximate surface area is 110 Å². The molecule has 2 atom stereocenters. The third-order valence-corrected chi connectivity index (χ3v) is 3.93. The zero-order valence-corrected chi connectivity index (χ0v) is 11.4. The van der Waals surface area contributed by atoms with Crippen LogP contribution in [0.4, 0.5) is 5.69 Å². The van der Waals surface area contributed by atoms with Gasteiger partial charge in [0.1, 0.15) is 0 Å². The third-order valence-electron chi connectivity index (χ3n) is 3.00. The zero-order chi connectivity index (χ0) is 11.5. The lowest BCUT2D eigenvalue weighted by Crippen LogP contribution is -2.34. The number of nitrogens with one attached hydrogen (secondary N) is 1. The summed E-state index contributed by atoms with van der Waals surface area (Å²) in [5, 5.41) is 4.26. The van der Waals surface area contributed by atoms with Crippen molar-refractivity contribution in [3.63, 3.8) is 0 Å². The van der Waals surface area contributed by atoms with Crippen molar-refractivity contribution >= 4 is 33.2 Å². The quantitative estimate of drug-likeness (QED) is 0.872. The molecule has 0 saturated heterocycles. The van der Waals surface area contributed by atoms with Crippen LogP contribution in [0.3, 0.4) is 0 Å². The van der Waals surface area contributed by atoms with Gasteiger partial charge >= 0.3 is 0 Å². The molecule has 0 radical (unpaired) electrons. The van der Waals surface area contributed by atoms with Crippen molar-refractivity contribution < 1.29 is 0 Å². The number of halogens is 2. The van der Waals surface area contributed by atoms with Gasteiger partial charge in [0.2, 0.25) is 0 Å². The SMILES string of the molecule is NC1CCCC(Nc2cc(Cl)ccc2Br)C1. The second kappa shape index (κ2) is 5.39.